The molecule has 206 valence electrons. The van der Waals surface area contributed by atoms with E-state index in [0.29, 0.717) is 34.9 Å². The van der Waals surface area contributed by atoms with Crippen molar-refractivity contribution in [1.82, 2.24) is 20.4 Å². The van der Waals surface area contributed by atoms with E-state index in [-0.39, 0.29) is 16.9 Å². The Morgan fingerprint density at radius 2 is 1.15 bits per heavy atom. The predicted octanol–water partition coefficient (Wildman–Crippen LogP) is 5.02. The highest BCUT2D eigenvalue weighted by atomic mass is 19.1. The quantitative estimate of drug-likeness (QED) is 0.275. The van der Waals surface area contributed by atoms with Crippen LogP contribution < -0.4 is 15.9 Å². The van der Waals surface area contributed by atoms with Gasteiger partial charge < -0.3 is 9.84 Å². The number of aromatic amines is 2. The highest BCUT2D eigenvalue weighted by molar-refractivity contribution is 5.84. The fourth-order valence-corrected chi connectivity index (χ4v) is 4.48. The Hall–Kier alpha value is -5.38. The third kappa shape index (κ3) is 5.96. The second-order valence-electron chi connectivity index (χ2n) is 9.20. The molecule has 0 radical (unpaired) electrons. The van der Waals surface area contributed by atoms with Crippen molar-refractivity contribution in [2.75, 3.05) is 7.11 Å². The molecule has 6 aromatic rings. The first-order chi connectivity index (χ1) is 19.8. The van der Waals surface area contributed by atoms with Crippen molar-refractivity contribution in [2.24, 2.45) is 0 Å². The van der Waals surface area contributed by atoms with E-state index in [0.717, 1.165) is 22.0 Å². The topological polar surface area (TPSA) is 121 Å². The van der Waals surface area contributed by atoms with Crippen molar-refractivity contribution in [1.29, 1.82) is 0 Å². The van der Waals surface area contributed by atoms with Crippen molar-refractivity contribution in [3.05, 3.63) is 140 Å². The molecule has 0 amide bonds. The molecule has 0 aliphatic heterocycles. The van der Waals surface area contributed by atoms with Crippen LogP contribution in [-0.4, -0.2) is 32.6 Å². The number of phenolic OH excluding ortho intramolecular Hbond substituents is 1. The van der Waals surface area contributed by atoms with Crippen LogP contribution in [-0.2, 0) is 12.8 Å². The summed E-state index contributed by atoms with van der Waals surface area (Å²) in [6.45, 7) is 0. The molecule has 0 saturated heterocycles. The predicted molar refractivity (Wildman–Crippen MR) is 151 cm³/mol. The largest absolute Gasteiger partial charge is 0.505 e. The molecule has 6 rings (SSSR count). The van der Waals surface area contributed by atoms with Crippen molar-refractivity contribution in [3.8, 4) is 11.5 Å². The first-order valence-electron chi connectivity index (χ1n) is 12.6. The molecule has 0 saturated carbocycles. The summed E-state index contributed by atoms with van der Waals surface area (Å²) in [4.78, 5) is 23.4. The molecule has 0 unspecified atom stereocenters. The maximum atomic E-state index is 13.4. The van der Waals surface area contributed by atoms with Gasteiger partial charge in [-0.15, -0.1) is 0 Å². The fraction of sp³-hybridized carbons (Fsp3) is 0.0968. The van der Waals surface area contributed by atoms with E-state index < -0.39 is 17.4 Å². The van der Waals surface area contributed by atoms with Gasteiger partial charge in [-0.3, -0.25) is 9.59 Å². The van der Waals surface area contributed by atoms with Gasteiger partial charge in [-0.1, -0.05) is 48.5 Å². The van der Waals surface area contributed by atoms with Gasteiger partial charge in [0.05, 0.1) is 29.3 Å². The Morgan fingerprint density at radius 3 is 1.63 bits per heavy atom. The van der Waals surface area contributed by atoms with E-state index in [1.165, 1.54) is 25.3 Å². The van der Waals surface area contributed by atoms with E-state index in [2.05, 4.69) is 20.4 Å². The number of nitrogens with one attached hydrogen (secondary N) is 2. The minimum absolute atomic E-state index is 0.196. The second-order valence-corrected chi connectivity index (χ2v) is 9.20. The van der Waals surface area contributed by atoms with Crippen LogP contribution in [0.15, 0.2) is 94.5 Å². The molecular formula is C31H24F2N4O4. The monoisotopic (exact) mass is 554 g/mol. The van der Waals surface area contributed by atoms with Crippen LogP contribution in [0.3, 0.4) is 0 Å². The number of H-pyrrole nitrogens is 2. The molecule has 0 bridgehead atoms. The van der Waals surface area contributed by atoms with Crippen molar-refractivity contribution >= 4 is 21.5 Å². The minimum atomic E-state index is -0.659. The van der Waals surface area contributed by atoms with Gasteiger partial charge in [0.2, 0.25) is 0 Å². The molecule has 41 heavy (non-hydrogen) atoms. The highest BCUT2D eigenvalue weighted by Crippen LogP contribution is 2.23. The van der Waals surface area contributed by atoms with Crippen molar-refractivity contribution in [3.63, 3.8) is 0 Å². The Bertz CT molecular complexity index is 1990. The average Bonchev–Trinajstić information content (AvgIpc) is 2.99. The average molecular weight is 555 g/mol. The molecule has 2 heterocycles. The number of rotatable bonds is 5. The summed E-state index contributed by atoms with van der Waals surface area (Å²) in [6.07, 6.45) is 0.874. The van der Waals surface area contributed by atoms with E-state index in [9.17, 15) is 23.5 Å². The van der Waals surface area contributed by atoms with Gasteiger partial charge in [0, 0.05) is 23.6 Å². The second kappa shape index (κ2) is 11.8. The van der Waals surface area contributed by atoms with Crippen LogP contribution in [0.1, 0.15) is 22.5 Å². The minimum Gasteiger partial charge on any atom is -0.505 e. The number of hydrogen-bond donors (Lipinski definition) is 3. The Morgan fingerprint density at radius 1 is 0.683 bits per heavy atom. The normalized spacial score (nSPS) is 10.8. The molecule has 4 aromatic carbocycles. The smallest absolute Gasteiger partial charge is 0.272 e. The summed E-state index contributed by atoms with van der Waals surface area (Å²) < 4.78 is 31.4. The lowest BCUT2D eigenvalue weighted by molar-refractivity contribution is 0.386. The standard InChI is InChI=1S/C16H13FN2O2.C15H11FN2O2/c1-21-15-9-10(6-7-13(15)17)8-14-11-4-2-3-5-12(11)16(20)19-18-14;16-12-6-5-9(8-14(12)19)7-13-10-3-1-2-4-11(10)15(20)18-17-13/h2-7,9H,8H2,1H3,(H,19,20);1-6,8,19H,7H2,(H,18,20). The van der Waals surface area contributed by atoms with Gasteiger partial charge in [-0.05, 0) is 47.5 Å². The number of halogens is 2. The van der Waals surface area contributed by atoms with Crippen LogP contribution in [0.4, 0.5) is 8.78 Å². The summed E-state index contributed by atoms with van der Waals surface area (Å²) >= 11 is 0. The molecule has 0 spiro atoms. The molecule has 8 nitrogen and oxygen atoms in total. The Balaban J connectivity index is 0.000000165. The molecule has 3 N–H and O–H groups in total. The van der Waals surface area contributed by atoms with E-state index >= 15 is 0 Å². The number of fused-ring (bicyclic) bond motifs is 2. The number of aromatic hydroxyl groups is 1. The third-order valence-electron chi connectivity index (χ3n) is 6.52. The van der Waals surface area contributed by atoms with E-state index in [1.807, 2.05) is 30.3 Å². The molecule has 0 fully saturated rings. The number of hydrogen-bond acceptors (Lipinski definition) is 6. The number of nitrogens with zero attached hydrogens (tertiary/aromatic N) is 2. The zero-order valence-electron chi connectivity index (χ0n) is 21.8. The number of ether oxygens (including phenoxy) is 1. The SMILES string of the molecule is COc1cc(Cc2n[nH]c(=O)c3ccccc23)ccc1F.O=c1[nH]nc(Cc2ccc(F)c(O)c2)c2ccccc12. The summed E-state index contributed by atoms with van der Waals surface area (Å²) in [5.74, 6) is -1.26. The van der Waals surface area contributed by atoms with Crippen LogP contribution in [0, 0.1) is 11.6 Å². The summed E-state index contributed by atoms with van der Waals surface area (Å²) in [5.41, 5.74) is 2.52. The molecule has 0 aliphatic rings. The summed E-state index contributed by atoms with van der Waals surface area (Å²) in [6, 6.07) is 23.3. The maximum absolute atomic E-state index is 13.4. The molecular weight excluding hydrogens is 530 g/mol. The first kappa shape index (κ1) is 27.2. The Kier molecular flexibility index (Phi) is 7.82. The zero-order valence-corrected chi connectivity index (χ0v) is 21.8. The van der Waals surface area contributed by atoms with Gasteiger partial charge in [0.15, 0.2) is 23.1 Å². The van der Waals surface area contributed by atoms with Crippen LogP contribution >= 0.6 is 0 Å². The van der Waals surface area contributed by atoms with Gasteiger partial charge >= 0.3 is 0 Å². The van der Waals surface area contributed by atoms with Gasteiger partial charge in [0.25, 0.3) is 11.1 Å². The molecule has 0 aliphatic carbocycles. The lowest BCUT2D eigenvalue weighted by atomic mass is 10.0. The van der Waals surface area contributed by atoms with Crippen molar-refractivity contribution < 1.29 is 18.6 Å². The fourth-order valence-electron chi connectivity index (χ4n) is 4.48. The Labute approximate surface area is 231 Å². The van der Waals surface area contributed by atoms with Crippen molar-refractivity contribution in [2.45, 2.75) is 12.8 Å². The summed E-state index contributed by atoms with van der Waals surface area (Å²) in [7, 11) is 1.43. The van der Waals surface area contributed by atoms with Gasteiger partial charge in [-0.2, -0.15) is 10.2 Å². The van der Waals surface area contributed by atoms with Gasteiger partial charge in [-0.25, -0.2) is 19.0 Å². The van der Waals surface area contributed by atoms with Crippen LogP contribution in [0.2, 0.25) is 0 Å². The molecule has 0 atom stereocenters. The van der Waals surface area contributed by atoms with E-state index in [1.54, 1.807) is 36.4 Å². The number of aromatic nitrogens is 4. The molecule has 2 aromatic heterocycles. The van der Waals surface area contributed by atoms with Gasteiger partial charge in [0.1, 0.15) is 0 Å². The lowest BCUT2D eigenvalue weighted by Gasteiger charge is -2.07. The third-order valence-corrected chi connectivity index (χ3v) is 6.52. The summed E-state index contributed by atoms with van der Waals surface area (Å²) in [5, 5.41) is 25.2. The maximum Gasteiger partial charge on any atom is 0.272 e. The number of benzene rings is 4. The van der Waals surface area contributed by atoms with Crippen LogP contribution in [0.5, 0.6) is 11.5 Å². The molecule has 10 heteroatoms. The number of methoxy groups -OCH3 is 1. The first-order valence-corrected chi connectivity index (χ1v) is 12.6. The van der Waals surface area contributed by atoms with Crippen LogP contribution in [0.25, 0.3) is 21.5 Å². The van der Waals surface area contributed by atoms with E-state index in [4.69, 9.17) is 4.74 Å². The number of phenols is 1. The highest BCUT2D eigenvalue weighted by Gasteiger charge is 2.10. The lowest BCUT2D eigenvalue weighted by Crippen LogP contribution is -2.11. The zero-order chi connectivity index (χ0) is 28.9.